The van der Waals surface area contributed by atoms with Crippen molar-refractivity contribution in [3.05, 3.63) is 0 Å². The molecule has 0 rings (SSSR count). The fraction of sp³-hybridized carbons (Fsp3) is 0. The normalized spacial score (nSPS) is 11.0. The first-order valence-electron chi connectivity index (χ1n) is 1.05. The summed E-state index contributed by atoms with van der Waals surface area (Å²) in [5.74, 6) is 0. The van der Waals surface area contributed by atoms with E-state index in [0.29, 0.717) is 0 Å². The van der Waals surface area contributed by atoms with Gasteiger partial charge in [0.15, 0.2) is 0 Å². The molecular formula is HO5SV. The van der Waals surface area contributed by atoms with Crippen LogP contribution in [0.1, 0.15) is 0 Å². The van der Waals surface area contributed by atoms with Crippen molar-refractivity contribution >= 4 is 10.4 Å². The summed E-state index contributed by atoms with van der Waals surface area (Å²) >= 11 is -1.95. The Bertz CT molecular complexity index is 141. The van der Waals surface area contributed by atoms with Gasteiger partial charge in [0.2, 0.25) is 0 Å². The van der Waals surface area contributed by atoms with Gasteiger partial charge in [0, 0.05) is 0 Å². The van der Waals surface area contributed by atoms with Crippen molar-refractivity contribution in [1.82, 2.24) is 0 Å². The van der Waals surface area contributed by atoms with Crippen LogP contribution in [0, 0.1) is 0 Å². The third-order valence-electron chi connectivity index (χ3n) is 0.125. The molecule has 0 aromatic heterocycles. The molecule has 0 aromatic carbocycles. The van der Waals surface area contributed by atoms with Crippen molar-refractivity contribution in [2.45, 2.75) is 0 Å². The van der Waals surface area contributed by atoms with E-state index in [1.165, 1.54) is 0 Å². The van der Waals surface area contributed by atoms with E-state index in [9.17, 15) is 12.1 Å². The molecule has 1 N–H and O–H groups in total. The van der Waals surface area contributed by atoms with Crippen molar-refractivity contribution in [2.75, 3.05) is 0 Å². The molecule has 0 spiro atoms. The van der Waals surface area contributed by atoms with Gasteiger partial charge in [0.1, 0.15) is 0 Å². The molecule has 0 aliphatic carbocycles. The molecule has 0 bridgehead atoms. The van der Waals surface area contributed by atoms with Crippen molar-refractivity contribution in [3.63, 3.8) is 0 Å². The maximum absolute atomic E-state index is 9.39. The fourth-order valence-corrected chi connectivity index (χ4v) is 0.476. The second-order valence-corrected chi connectivity index (χ2v) is 2.51. The van der Waals surface area contributed by atoms with Gasteiger partial charge in [-0.05, 0) is 0 Å². The van der Waals surface area contributed by atoms with E-state index < -0.39 is 27.0 Å². The van der Waals surface area contributed by atoms with E-state index >= 15 is 0 Å². The molecule has 0 aromatic rings. The SMILES string of the molecule is [O]=[V][O]S(=O)(=O)O. The molecule has 7 heteroatoms. The molecule has 0 amide bonds. The summed E-state index contributed by atoms with van der Waals surface area (Å²) < 4.78 is 38.9. The second kappa shape index (κ2) is 2.53. The van der Waals surface area contributed by atoms with E-state index in [4.69, 9.17) is 4.55 Å². The quantitative estimate of drug-likeness (QED) is 0.537. The van der Waals surface area contributed by atoms with Crippen LogP contribution < -0.4 is 0 Å². The third-order valence-corrected chi connectivity index (χ3v) is 1.54. The Morgan fingerprint density at radius 2 is 2.00 bits per heavy atom. The molecule has 5 nitrogen and oxygen atoms in total. The summed E-state index contributed by atoms with van der Waals surface area (Å²) in [6.07, 6.45) is 0. The Labute approximate surface area is 47.3 Å². The van der Waals surface area contributed by atoms with E-state index in [2.05, 4.69) is 3.11 Å². The Morgan fingerprint density at radius 3 is 2.00 bits per heavy atom. The van der Waals surface area contributed by atoms with Gasteiger partial charge in [-0.2, -0.15) is 0 Å². The maximum atomic E-state index is 9.39. The van der Waals surface area contributed by atoms with Crippen LogP contribution in [-0.2, 0) is 33.8 Å². The van der Waals surface area contributed by atoms with Gasteiger partial charge in [-0.1, -0.05) is 0 Å². The zero-order chi connectivity index (χ0) is 5.91. The van der Waals surface area contributed by atoms with E-state index in [0.717, 1.165) is 0 Å². The Kier molecular flexibility index (Phi) is 2.63. The van der Waals surface area contributed by atoms with Crippen LogP contribution in [0.15, 0.2) is 0 Å². The molecule has 7 heavy (non-hydrogen) atoms. The molecule has 0 fully saturated rings. The van der Waals surface area contributed by atoms with Crippen molar-refractivity contribution in [3.8, 4) is 0 Å². The average molecular weight is 164 g/mol. The van der Waals surface area contributed by atoms with Crippen LogP contribution >= 0.6 is 0 Å². The molecule has 0 unspecified atom stereocenters. The summed E-state index contributed by atoms with van der Waals surface area (Å²) in [4.78, 5) is 0. The van der Waals surface area contributed by atoms with Crippen molar-refractivity contribution in [2.24, 2.45) is 0 Å². The topological polar surface area (TPSA) is 80.7 Å². The third kappa shape index (κ3) is 6.25. The van der Waals surface area contributed by atoms with E-state index in [1.54, 1.807) is 0 Å². The fourth-order valence-electron chi connectivity index (χ4n) is 0.0385. The summed E-state index contributed by atoms with van der Waals surface area (Å²) in [6.45, 7) is 0. The first kappa shape index (κ1) is 7.25. The van der Waals surface area contributed by atoms with Crippen LogP contribution in [0.3, 0.4) is 0 Å². The van der Waals surface area contributed by atoms with Crippen LogP contribution in [0.5, 0.6) is 0 Å². The zero-order valence-electron chi connectivity index (χ0n) is 2.94. The predicted octanol–water partition coefficient (Wildman–Crippen LogP) is -0.851. The average Bonchev–Trinajstić information content (AvgIpc) is 1.30. The molecule has 42 valence electrons. The van der Waals surface area contributed by atoms with Gasteiger partial charge in [-0.15, -0.1) is 0 Å². The van der Waals surface area contributed by atoms with Gasteiger partial charge in [-0.3, -0.25) is 0 Å². The summed E-state index contributed by atoms with van der Waals surface area (Å²) in [7, 11) is -4.45. The van der Waals surface area contributed by atoms with Gasteiger partial charge >= 0.3 is 46.7 Å². The molecule has 0 radical (unpaired) electrons. The first-order valence-corrected chi connectivity index (χ1v) is 3.55. The molecule has 0 aliphatic rings. The van der Waals surface area contributed by atoms with Crippen molar-refractivity contribution < 1.29 is 36.3 Å². The number of rotatable bonds is 2. The monoisotopic (exact) mass is 164 g/mol. The van der Waals surface area contributed by atoms with E-state index in [1.807, 2.05) is 0 Å². The molecule has 0 saturated carbocycles. The molecule has 0 heterocycles. The number of hydrogen-bond acceptors (Lipinski definition) is 4. The standard InChI is InChI=1S/H2O4S.O.V/c1-5(2,3)4;;/h(H2,1,2,3,4);;/q;;+1/p-1. The van der Waals surface area contributed by atoms with Gasteiger partial charge in [0.05, 0.1) is 0 Å². The Morgan fingerprint density at radius 1 is 1.57 bits per heavy atom. The summed E-state index contributed by atoms with van der Waals surface area (Å²) in [6, 6.07) is 0. The minimum atomic E-state index is -4.45. The van der Waals surface area contributed by atoms with Crippen molar-refractivity contribution in [1.29, 1.82) is 0 Å². The summed E-state index contributed by atoms with van der Waals surface area (Å²) in [5, 5.41) is 0. The van der Waals surface area contributed by atoms with Crippen LogP contribution in [-0.4, -0.2) is 13.0 Å². The molecular weight excluding hydrogens is 163 g/mol. The van der Waals surface area contributed by atoms with Gasteiger partial charge in [0.25, 0.3) is 0 Å². The predicted molar refractivity (Wildman–Crippen MR) is 13.3 cm³/mol. The molecule has 0 aliphatic heterocycles. The van der Waals surface area contributed by atoms with Crippen LogP contribution in [0.2, 0.25) is 0 Å². The summed E-state index contributed by atoms with van der Waals surface area (Å²) in [5.41, 5.74) is 0. The molecule has 0 saturated heterocycles. The first-order chi connectivity index (χ1) is 3.06. The minimum absolute atomic E-state index is 1.95. The van der Waals surface area contributed by atoms with Gasteiger partial charge in [-0.25, -0.2) is 0 Å². The van der Waals surface area contributed by atoms with E-state index in [-0.39, 0.29) is 0 Å². The second-order valence-electron chi connectivity index (χ2n) is 0.577. The zero-order valence-corrected chi connectivity index (χ0v) is 5.15. The number of hydrogen-bond donors (Lipinski definition) is 1. The Balaban J connectivity index is 3.84. The van der Waals surface area contributed by atoms with Gasteiger partial charge < -0.3 is 0 Å². The van der Waals surface area contributed by atoms with Crippen LogP contribution in [0.4, 0.5) is 0 Å². The Hall–Kier alpha value is 0.254. The van der Waals surface area contributed by atoms with Crippen LogP contribution in [0.25, 0.3) is 0 Å². The molecule has 0 atom stereocenters.